The Morgan fingerprint density at radius 1 is 1.29 bits per heavy atom. The minimum atomic E-state index is -0.561. The Bertz CT molecular complexity index is 560. The van der Waals surface area contributed by atoms with Crippen LogP contribution in [0.2, 0.25) is 0 Å². The Morgan fingerprint density at radius 2 is 1.95 bits per heavy atom. The van der Waals surface area contributed by atoms with Crippen molar-refractivity contribution in [1.82, 2.24) is 0 Å². The molecule has 0 radical (unpaired) electrons. The molecule has 1 amide bonds. The van der Waals surface area contributed by atoms with Crippen LogP contribution in [0, 0.1) is 0 Å². The van der Waals surface area contributed by atoms with E-state index in [-0.39, 0.29) is 17.8 Å². The molecule has 0 bridgehead atoms. The molecular weight excluding hydrogens is 310 g/mol. The number of halogens is 1. The predicted octanol–water partition coefficient (Wildman–Crippen LogP) is 3.76. The highest BCUT2D eigenvalue weighted by atomic mass is 35.5. The Hall–Kier alpha value is -1.07. The van der Waals surface area contributed by atoms with Crippen LogP contribution >= 0.6 is 22.9 Å². The van der Waals surface area contributed by atoms with Crippen molar-refractivity contribution >= 4 is 39.8 Å². The predicted molar refractivity (Wildman–Crippen MR) is 85.5 cm³/mol. The summed E-state index contributed by atoms with van der Waals surface area (Å²) in [7, 11) is 0. The fourth-order valence-electron chi connectivity index (χ4n) is 2.36. The van der Waals surface area contributed by atoms with E-state index >= 15 is 0 Å². The van der Waals surface area contributed by atoms with E-state index in [2.05, 4.69) is 5.32 Å². The van der Waals surface area contributed by atoms with Crippen molar-refractivity contribution < 1.29 is 14.3 Å². The Balaban J connectivity index is 2.38. The molecule has 1 N–H and O–H groups in total. The molecule has 6 heteroatoms. The van der Waals surface area contributed by atoms with E-state index in [0.29, 0.717) is 10.6 Å². The number of ether oxygens (including phenoxy) is 1. The van der Waals surface area contributed by atoms with Gasteiger partial charge in [-0.25, -0.2) is 4.79 Å². The van der Waals surface area contributed by atoms with Crippen molar-refractivity contribution in [3.05, 3.63) is 16.0 Å². The Labute approximate surface area is 133 Å². The summed E-state index contributed by atoms with van der Waals surface area (Å²) in [5.74, 6) is -0.803. The van der Waals surface area contributed by atoms with Gasteiger partial charge in [-0.2, -0.15) is 0 Å². The van der Waals surface area contributed by atoms with Gasteiger partial charge in [-0.15, -0.1) is 22.9 Å². The molecule has 1 heterocycles. The van der Waals surface area contributed by atoms with Crippen LogP contribution in [-0.2, 0) is 22.4 Å². The quantitative estimate of drug-likeness (QED) is 0.678. The third-order valence-electron chi connectivity index (χ3n) is 3.15. The average molecular weight is 330 g/mol. The van der Waals surface area contributed by atoms with Crippen LogP contribution in [0.15, 0.2) is 0 Å². The van der Waals surface area contributed by atoms with Gasteiger partial charge in [0.05, 0.1) is 5.56 Å². The number of amides is 1. The fraction of sp³-hybridized carbons (Fsp3) is 0.600. The van der Waals surface area contributed by atoms with E-state index in [0.717, 1.165) is 31.2 Å². The summed E-state index contributed by atoms with van der Waals surface area (Å²) in [6.07, 6.45) is 3.98. The average Bonchev–Trinajstić information content (AvgIpc) is 2.74. The third-order valence-corrected chi connectivity index (χ3v) is 4.60. The van der Waals surface area contributed by atoms with Crippen molar-refractivity contribution in [1.29, 1.82) is 0 Å². The summed E-state index contributed by atoms with van der Waals surface area (Å²) in [6, 6.07) is 0. The summed E-state index contributed by atoms with van der Waals surface area (Å²) < 4.78 is 5.49. The molecule has 4 nitrogen and oxygen atoms in total. The Kier molecular flexibility index (Phi) is 4.94. The maximum absolute atomic E-state index is 12.5. The number of fused-ring (bicyclic) bond motifs is 1. The van der Waals surface area contributed by atoms with Crippen LogP contribution in [0.3, 0.4) is 0 Å². The topological polar surface area (TPSA) is 55.4 Å². The van der Waals surface area contributed by atoms with Gasteiger partial charge in [0, 0.05) is 4.88 Å². The summed E-state index contributed by atoms with van der Waals surface area (Å²) in [4.78, 5) is 25.2. The Morgan fingerprint density at radius 3 is 2.57 bits per heavy atom. The molecule has 0 aromatic carbocycles. The van der Waals surface area contributed by atoms with E-state index in [1.807, 2.05) is 20.8 Å². The van der Waals surface area contributed by atoms with Crippen LogP contribution in [0.4, 0.5) is 5.00 Å². The first-order valence-electron chi connectivity index (χ1n) is 7.05. The van der Waals surface area contributed by atoms with Crippen molar-refractivity contribution in [3.8, 4) is 0 Å². The molecule has 0 atom stereocenters. The van der Waals surface area contributed by atoms with Crippen LogP contribution in [0.5, 0.6) is 0 Å². The normalized spacial score (nSPS) is 14.5. The number of aryl methyl sites for hydroxylation is 1. The standard InChI is InChI=1S/C15H20ClNO3S/c1-15(2,3)20-14(19)12-9-6-4-5-7-10(9)21-13(12)17-11(18)8-16/h4-8H2,1-3H3,(H,17,18). The van der Waals surface area contributed by atoms with Gasteiger partial charge in [-0.1, -0.05) is 0 Å². The van der Waals surface area contributed by atoms with Crippen LogP contribution in [-0.4, -0.2) is 23.4 Å². The second-order valence-electron chi connectivity index (χ2n) is 6.10. The van der Waals surface area contributed by atoms with Crippen LogP contribution in [0.25, 0.3) is 0 Å². The molecule has 0 aliphatic heterocycles. The van der Waals surface area contributed by atoms with Gasteiger partial charge in [-0.05, 0) is 52.0 Å². The van der Waals surface area contributed by atoms with E-state index in [1.54, 1.807) is 0 Å². The van der Waals surface area contributed by atoms with E-state index in [9.17, 15) is 9.59 Å². The van der Waals surface area contributed by atoms with Gasteiger partial charge < -0.3 is 10.1 Å². The highest BCUT2D eigenvalue weighted by molar-refractivity contribution is 7.17. The van der Waals surface area contributed by atoms with E-state index in [1.165, 1.54) is 16.2 Å². The second kappa shape index (κ2) is 6.36. The number of nitrogens with one attached hydrogen (secondary N) is 1. The monoisotopic (exact) mass is 329 g/mol. The summed E-state index contributed by atoms with van der Waals surface area (Å²) in [5, 5.41) is 3.30. The van der Waals surface area contributed by atoms with Gasteiger partial charge in [0.2, 0.25) is 5.91 Å². The minimum absolute atomic E-state index is 0.129. The lowest BCUT2D eigenvalue weighted by molar-refractivity contribution is -0.113. The SMILES string of the molecule is CC(C)(C)OC(=O)c1c(NC(=O)CCl)sc2c1CCCC2. The molecule has 0 fully saturated rings. The molecule has 0 spiro atoms. The van der Waals surface area contributed by atoms with Gasteiger partial charge in [0.15, 0.2) is 0 Å². The molecule has 1 aromatic rings. The number of hydrogen-bond acceptors (Lipinski definition) is 4. The summed E-state index contributed by atoms with van der Waals surface area (Å²) in [5.41, 5.74) is 0.988. The molecule has 0 saturated heterocycles. The third kappa shape index (κ3) is 3.98. The smallest absolute Gasteiger partial charge is 0.341 e. The highest BCUT2D eigenvalue weighted by Crippen LogP contribution is 2.39. The molecule has 1 aromatic heterocycles. The minimum Gasteiger partial charge on any atom is -0.456 e. The number of alkyl halides is 1. The first-order valence-corrected chi connectivity index (χ1v) is 8.40. The first kappa shape index (κ1) is 16.3. The van der Waals surface area contributed by atoms with Crippen LogP contribution < -0.4 is 5.32 Å². The fourth-order valence-corrected chi connectivity index (χ4v) is 3.72. The van der Waals surface area contributed by atoms with Gasteiger partial charge in [-0.3, -0.25) is 4.79 Å². The summed E-state index contributed by atoms with van der Waals surface area (Å²) in [6.45, 7) is 5.50. The van der Waals surface area contributed by atoms with Crippen molar-refractivity contribution in [2.75, 3.05) is 11.2 Å². The maximum Gasteiger partial charge on any atom is 0.341 e. The number of thiophene rings is 1. The lowest BCUT2D eigenvalue weighted by Crippen LogP contribution is -2.25. The molecule has 0 saturated carbocycles. The first-order chi connectivity index (χ1) is 9.81. The lowest BCUT2D eigenvalue weighted by atomic mass is 9.95. The highest BCUT2D eigenvalue weighted by Gasteiger charge is 2.29. The number of esters is 1. The lowest BCUT2D eigenvalue weighted by Gasteiger charge is -2.21. The van der Waals surface area contributed by atoms with Crippen LogP contribution in [0.1, 0.15) is 54.4 Å². The van der Waals surface area contributed by atoms with Gasteiger partial charge in [0.1, 0.15) is 16.5 Å². The molecule has 1 aliphatic carbocycles. The zero-order chi connectivity index (χ0) is 15.6. The number of rotatable bonds is 3. The van der Waals surface area contributed by atoms with Crippen molar-refractivity contribution in [2.45, 2.75) is 52.1 Å². The summed E-state index contributed by atoms with van der Waals surface area (Å²) >= 11 is 7.01. The maximum atomic E-state index is 12.5. The molecule has 116 valence electrons. The van der Waals surface area contributed by atoms with Gasteiger partial charge in [0.25, 0.3) is 0 Å². The molecule has 21 heavy (non-hydrogen) atoms. The molecule has 2 rings (SSSR count). The second-order valence-corrected chi connectivity index (χ2v) is 7.47. The van der Waals surface area contributed by atoms with Gasteiger partial charge >= 0.3 is 5.97 Å². The van der Waals surface area contributed by atoms with E-state index < -0.39 is 5.60 Å². The number of hydrogen-bond donors (Lipinski definition) is 1. The number of anilines is 1. The van der Waals surface area contributed by atoms with Crippen molar-refractivity contribution in [3.63, 3.8) is 0 Å². The zero-order valence-electron chi connectivity index (χ0n) is 12.5. The number of carbonyl (C=O) groups is 2. The molecule has 1 aliphatic rings. The van der Waals surface area contributed by atoms with Crippen molar-refractivity contribution in [2.24, 2.45) is 0 Å². The largest absolute Gasteiger partial charge is 0.456 e. The van der Waals surface area contributed by atoms with E-state index in [4.69, 9.17) is 16.3 Å². The molecular formula is C15H20ClNO3S. The molecule has 0 unspecified atom stereocenters. The number of carbonyl (C=O) groups excluding carboxylic acids is 2. The zero-order valence-corrected chi connectivity index (χ0v) is 14.1.